The lowest BCUT2D eigenvalue weighted by Crippen LogP contribution is -2.30. The van der Waals surface area contributed by atoms with Crippen molar-refractivity contribution in [3.05, 3.63) is 70.4 Å². The Morgan fingerprint density at radius 3 is 2.38 bits per heavy atom. The van der Waals surface area contributed by atoms with E-state index in [0.717, 1.165) is 16.7 Å². The summed E-state index contributed by atoms with van der Waals surface area (Å²) in [6.45, 7) is 6.41. The molecule has 7 heteroatoms. The number of hydrogen-bond acceptors (Lipinski definition) is 4. The summed E-state index contributed by atoms with van der Waals surface area (Å²) in [6, 6.07) is 16.3. The third-order valence-corrected chi connectivity index (χ3v) is 7.63. The zero-order chi connectivity index (χ0) is 21.0. The van der Waals surface area contributed by atoms with Gasteiger partial charge in [0.2, 0.25) is 10.0 Å². The summed E-state index contributed by atoms with van der Waals surface area (Å²) in [6.07, 6.45) is 0. The minimum Gasteiger partial charge on any atom is -0.321 e. The molecule has 0 fully saturated rings. The van der Waals surface area contributed by atoms with Gasteiger partial charge in [-0.05, 0) is 42.1 Å². The van der Waals surface area contributed by atoms with Gasteiger partial charge in [-0.25, -0.2) is 8.42 Å². The topological polar surface area (TPSA) is 66.5 Å². The van der Waals surface area contributed by atoms with Crippen LogP contribution in [0.3, 0.4) is 0 Å². The Balaban J connectivity index is 1.86. The van der Waals surface area contributed by atoms with E-state index in [2.05, 4.69) is 5.32 Å². The van der Waals surface area contributed by atoms with E-state index in [1.165, 1.54) is 21.7 Å². The summed E-state index contributed by atoms with van der Waals surface area (Å²) in [4.78, 5) is 13.6. The second-order valence-corrected chi connectivity index (χ2v) is 9.45. The highest BCUT2D eigenvalue weighted by Crippen LogP contribution is 2.29. The molecule has 152 valence electrons. The number of carbonyl (C=O) groups excluding carboxylic acids is 1. The predicted octanol–water partition coefficient (Wildman–Crippen LogP) is 5.01. The second-order valence-electron chi connectivity index (χ2n) is 6.60. The fourth-order valence-electron chi connectivity index (χ4n) is 3.08. The number of sulfonamides is 1. The van der Waals surface area contributed by atoms with Crippen LogP contribution in [0, 0.1) is 6.92 Å². The summed E-state index contributed by atoms with van der Waals surface area (Å²) in [5, 5.41) is 4.72. The molecule has 0 spiro atoms. The van der Waals surface area contributed by atoms with E-state index >= 15 is 0 Å². The molecular formula is C22H24N2O3S2. The zero-order valence-electron chi connectivity index (χ0n) is 16.7. The molecular weight excluding hydrogens is 404 g/mol. The van der Waals surface area contributed by atoms with E-state index in [0.29, 0.717) is 23.7 Å². The van der Waals surface area contributed by atoms with E-state index in [-0.39, 0.29) is 10.8 Å². The van der Waals surface area contributed by atoms with Crippen LogP contribution < -0.4 is 5.32 Å². The van der Waals surface area contributed by atoms with Crippen LogP contribution in [-0.4, -0.2) is 31.7 Å². The van der Waals surface area contributed by atoms with Gasteiger partial charge in [-0.1, -0.05) is 49.7 Å². The molecule has 0 unspecified atom stereocenters. The van der Waals surface area contributed by atoms with Crippen LogP contribution in [-0.2, 0) is 10.0 Å². The number of amides is 1. The molecule has 2 aromatic carbocycles. The Morgan fingerprint density at radius 2 is 1.72 bits per heavy atom. The predicted molar refractivity (Wildman–Crippen MR) is 119 cm³/mol. The maximum absolute atomic E-state index is 12.9. The minimum absolute atomic E-state index is 0.170. The van der Waals surface area contributed by atoms with Gasteiger partial charge in [0.05, 0.1) is 9.77 Å². The van der Waals surface area contributed by atoms with Crippen molar-refractivity contribution >= 4 is 33.0 Å². The van der Waals surface area contributed by atoms with Gasteiger partial charge in [-0.3, -0.25) is 4.79 Å². The molecule has 1 aromatic heterocycles. The molecule has 0 aliphatic carbocycles. The minimum atomic E-state index is -3.58. The van der Waals surface area contributed by atoms with Crippen LogP contribution in [0.2, 0.25) is 0 Å². The van der Waals surface area contributed by atoms with Gasteiger partial charge >= 0.3 is 0 Å². The fourth-order valence-corrected chi connectivity index (χ4v) is 5.40. The molecule has 0 bridgehead atoms. The fraction of sp³-hybridized carbons (Fsp3) is 0.227. The van der Waals surface area contributed by atoms with Crippen molar-refractivity contribution in [1.29, 1.82) is 0 Å². The number of rotatable bonds is 7. The zero-order valence-corrected chi connectivity index (χ0v) is 18.3. The molecule has 29 heavy (non-hydrogen) atoms. The number of nitrogens with one attached hydrogen (secondary N) is 1. The van der Waals surface area contributed by atoms with Crippen molar-refractivity contribution < 1.29 is 13.2 Å². The average Bonchev–Trinajstić information content (AvgIpc) is 3.19. The highest BCUT2D eigenvalue weighted by atomic mass is 32.2. The lowest BCUT2D eigenvalue weighted by molar-refractivity contribution is 0.103. The van der Waals surface area contributed by atoms with E-state index in [1.807, 2.05) is 42.6 Å². The molecule has 1 N–H and O–H groups in total. The summed E-state index contributed by atoms with van der Waals surface area (Å²) < 4.78 is 26.9. The molecule has 3 rings (SSSR count). The number of aryl methyl sites for hydroxylation is 1. The Labute approximate surface area is 176 Å². The first kappa shape index (κ1) is 21.2. The summed E-state index contributed by atoms with van der Waals surface area (Å²) in [5.41, 5.74) is 3.44. The summed E-state index contributed by atoms with van der Waals surface area (Å²) in [5.74, 6) is -0.257. The third kappa shape index (κ3) is 4.58. The maximum atomic E-state index is 12.9. The van der Waals surface area contributed by atoms with E-state index in [9.17, 15) is 13.2 Å². The monoisotopic (exact) mass is 428 g/mol. The summed E-state index contributed by atoms with van der Waals surface area (Å²) in [7, 11) is -3.58. The van der Waals surface area contributed by atoms with Gasteiger partial charge in [-0.15, -0.1) is 11.3 Å². The molecule has 0 aliphatic heterocycles. The maximum Gasteiger partial charge on any atom is 0.266 e. The van der Waals surface area contributed by atoms with Crippen LogP contribution in [0.4, 0.5) is 5.69 Å². The highest BCUT2D eigenvalue weighted by Gasteiger charge is 2.22. The second kappa shape index (κ2) is 8.90. The molecule has 5 nitrogen and oxygen atoms in total. The highest BCUT2D eigenvalue weighted by molar-refractivity contribution is 7.89. The molecule has 0 saturated carbocycles. The Morgan fingerprint density at radius 1 is 1.03 bits per heavy atom. The van der Waals surface area contributed by atoms with Gasteiger partial charge in [-0.2, -0.15) is 4.31 Å². The average molecular weight is 429 g/mol. The Kier molecular flexibility index (Phi) is 6.52. The van der Waals surface area contributed by atoms with Crippen molar-refractivity contribution in [3.8, 4) is 11.1 Å². The molecule has 0 saturated heterocycles. The van der Waals surface area contributed by atoms with Crippen LogP contribution in [0.5, 0.6) is 0 Å². The SMILES string of the molecule is CCN(CC)S(=O)(=O)c1cccc(NC(=O)c2sccc2-c2ccc(C)cc2)c1. The van der Waals surface area contributed by atoms with Gasteiger partial charge < -0.3 is 5.32 Å². The first-order valence-corrected chi connectivity index (χ1v) is 11.7. The van der Waals surface area contributed by atoms with Crippen molar-refractivity contribution in [2.75, 3.05) is 18.4 Å². The molecule has 1 heterocycles. The first-order valence-electron chi connectivity index (χ1n) is 9.43. The van der Waals surface area contributed by atoms with Crippen LogP contribution in [0.1, 0.15) is 29.1 Å². The van der Waals surface area contributed by atoms with Crippen molar-refractivity contribution in [2.24, 2.45) is 0 Å². The number of anilines is 1. The number of thiophene rings is 1. The van der Waals surface area contributed by atoms with Crippen LogP contribution in [0.15, 0.2) is 64.9 Å². The smallest absolute Gasteiger partial charge is 0.266 e. The van der Waals surface area contributed by atoms with E-state index < -0.39 is 10.0 Å². The summed E-state index contributed by atoms with van der Waals surface area (Å²) >= 11 is 1.36. The standard InChI is InChI=1S/C22H24N2O3S2/c1-4-24(5-2)29(26,27)19-8-6-7-18(15-19)23-22(25)21-20(13-14-28-21)17-11-9-16(3)10-12-17/h6-15H,4-5H2,1-3H3,(H,23,25). The largest absolute Gasteiger partial charge is 0.321 e. The van der Waals surface area contributed by atoms with Crippen LogP contribution >= 0.6 is 11.3 Å². The Bertz CT molecular complexity index is 1100. The molecule has 0 aliphatic rings. The van der Waals surface area contributed by atoms with Crippen molar-refractivity contribution in [3.63, 3.8) is 0 Å². The number of carbonyl (C=O) groups is 1. The number of hydrogen-bond donors (Lipinski definition) is 1. The number of nitrogens with zero attached hydrogens (tertiary/aromatic N) is 1. The lowest BCUT2D eigenvalue weighted by Gasteiger charge is -2.18. The quantitative estimate of drug-likeness (QED) is 0.575. The van der Waals surface area contributed by atoms with Gasteiger partial charge in [0.25, 0.3) is 5.91 Å². The normalized spacial score (nSPS) is 11.6. The van der Waals surface area contributed by atoms with Gasteiger partial charge in [0.1, 0.15) is 0 Å². The molecule has 0 atom stereocenters. The molecule has 3 aromatic rings. The van der Waals surface area contributed by atoms with Crippen molar-refractivity contribution in [1.82, 2.24) is 4.31 Å². The Hall–Kier alpha value is -2.48. The van der Waals surface area contributed by atoms with Crippen molar-refractivity contribution in [2.45, 2.75) is 25.7 Å². The molecule has 1 amide bonds. The lowest BCUT2D eigenvalue weighted by atomic mass is 10.0. The van der Waals surface area contributed by atoms with Gasteiger partial charge in [0, 0.05) is 24.3 Å². The first-order chi connectivity index (χ1) is 13.9. The third-order valence-electron chi connectivity index (χ3n) is 4.67. The molecule has 0 radical (unpaired) electrons. The van der Waals surface area contributed by atoms with E-state index in [4.69, 9.17) is 0 Å². The van der Waals surface area contributed by atoms with E-state index in [1.54, 1.807) is 32.0 Å². The van der Waals surface area contributed by atoms with Gasteiger partial charge in [0.15, 0.2) is 0 Å². The number of benzene rings is 2. The van der Waals surface area contributed by atoms with Crippen LogP contribution in [0.25, 0.3) is 11.1 Å².